The van der Waals surface area contributed by atoms with Crippen molar-refractivity contribution in [3.63, 3.8) is 0 Å². The third kappa shape index (κ3) is 3.98. The lowest BCUT2D eigenvalue weighted by Gasteiger charge is -2.36. The fraction of sp³-hybridized carbons (Fsp3) is 0.250. The molecule has 1 atom stereocenters. The summed E-state index contributed by atoms with van der Waals surface area (Å²) >= 11 is 1.49. The summed E-state index contributed by atoms with van der Waals surface area (Å²) in [5, 5.41) is 13.0. The third-order valence-corrected chi connectivity index (χ3v) is 6.76. The maximum atomic E-state index is 14.2. The summed E-state index contributed by atoms with van der Waals surface area (Å²) in [5.41, 5.74) is 3.33. The first-order valence-corrected chi connectivity index (χ1v) is 11.5. The number of rotatable bonds is 4. The van der Waals surface area contributed by atoms with Gasteiger partial charge in [0.2, 0.25) is 0 Å². The molecule has 1 N–H and O–H groups in total. The first-order chi connectivity index (χ1) is 16.0. The summed E-state index contributed by atoms with van der Waals surface area (Å²) in [5.74, 6) is -1.92. The number of aromatic nitrogens is 2. The van der Waals surface area contributed by atoms with Gasteiger partial charge in [-0.3, -0.25) is 4.79 Å². The zero-order chi connectivity index (χ0) is 22.9. The first-order valence-electron chi connectivity index (χ1n) is 10.6. The number of carbonyl (C=O) groups is 1. The van der Waals surface area contributed by atoms with E-state index in [1.54, 1.807) is 11.6 Å². The van der Waals surface area contributed by atoms with Gasteiger partial charge in [0.05, 0.1) is 21.3 Å². The number of fused-ring (bicyclic) bond motifs is 2. The van der Waals surface area contributed by atoms with Crippen molar-refractivity contribution >= 4 is 44.2 Å². The second-order valence-corrected chi connectivity index (χ2v) is 8.88. The third-order valence-electron chi connectivity index (χ3n) is 5.97. The molecule has 2 aromatic carbocycles. The van der Waals surface area contributed by atoms with Crippen LogP contribution < -0.4 is 5.32 Å². The van der Waals surface area contributed by atoms with Gasteiger partial charge >= 0.3 is 0 Å². The molecule has 0 saturated carbocycles. The molecule has 6 nitrogen and oxygen atoms in total. The highest BCUT2D eigenvalue weighted by molar-refractivity contribution is 7.16. The van der Waals surface area contributed by atoms with Crippen molar-refractivity contribution in [3.8, 4) is 6.07 Å². The fourth-order valence-electron chi connectivity index (χ4n) is 4.25. The number of anilines is 1. The number of thiazole rings is 1. The number of hydrogen-bond acceptors (Lipinski definition) is 6. The molecule has 1 saturated heterocycles. The molecule has 0 radical (unpaired) electrons. The topological polar surface area (TPSA) is 81.9 Å². The molecular formula is C24H19F2N5OS. The minimum absolute atomic E-state index is 0.0584. The van der Waals surface area contributed by atoms with Crippen LogP contribution in [0.1, 0.15) is 35.2 Å². The minimum Gasteiger partial charge on any atom is -0.367 e. The zero-order valence-corrected chi connectivity index (χ0v) is 18.3. The van der Waals surface area contributed by atoms with Gasteiger partial charge in [0.15, 0.2) is 11.6 Å². The van der Waals surface area contributed by atoms with Crippen molar-refractivity contribution in [1.82, 2.24) is 14.9 Å². The lowest BCUT2D eigenvalue weighted by atomic mass is 10.0. The standard InChI is InChI=1S/C24H19F2N5OS/c25-18-6-4-14-9-16(11-27)23(30-22(14)21(18)26)28-12-17-3-1-2-8-31(17)24(32)15-5-7-19-20(10-15)33-13-29-19/h4-7,9-10,13,17H,1-3,8,12H2,(H,28,30). The number of halogens is 2. The van der Waals surface area contributed by atoms with Crippen LogP contribution in [0.4, 0.5) is 14.6 Å². The van der Waals surface area contributed by atoms with Crippen molar-refractivity contribution in [2.75, 3.05) is 18.4 Å². The van der Waals surface area contributed by atoms with Gasteiger partial charge in [0, 0.05) is 30.1 Å². The Kier molecular flexibility index (Phi) is 5.60. The van der Waals surface area contributed by atoms with Crippen LogP contribution in [0.2, 0.25) is 0 Å². The first kappa shape index (κ1) is 21.2. The Hall–Kier alpha value is -3.64. The molecule has 1 aliphatic heterocycles. The molecule has 1 aliphatic rings. The molecule has 33 heavy (non-hydrogen) atoms. The number of amides is 1. The normalized spacial score (nSPS) is 16.2. The average Bonchev–Trinajstić information content (AvgIpc) is 3.32. The number of pyridine rings is 1. The van der Waals surface area contributed by atoms with Gasteiger partial charge in [-0.1, -0.05) is 0 Å². The van der Waals surface area contributed by atoms with Crippen LogP contribution in [0.5, 0.6) is 0 Å². The molecule has 0 aliphatic carbocycles. The fourth-order valence-corrected chi connectivity index (χ4v) is 4.97. The molecule has 1 unspecified atom stereocenters. The van der Waals surface area contributed by atoms with Gasteiger partial charge in [0.1, 0.15) is 17.4 Å². The summed E-state index contributed by atoms with van der Waals surface area (Å²) in [6.45, 7) is 0.973. The molecule has 0 spiro atoms. The Morgan fingerprint density at radius 1 is 1.24 bits per heavy atom. The van der Waals surface area contributed by atoms with Crippen LogP contribution in [0.15, 0.2) is 41.9 Å². The highest BCUT2D eigenvalue weighted by Crippen LogP contribution is 2.26. The maximum absolute atomic E-state index is 14.2. The van der Waals surface area contributed by atoms with Crippen molar-refractivity contribution in [3.05, 3.63) is 64.7 Å². The average molecular weight is 464 g/mol. The zero-order valence-electron chi connectivity index (χ0n) is 17.5. The van der Waals surface area contributed by atoms with Gasteiger partial charge in [0.25, 0.3) is 5.91 Å². The van der Waals surface area contributed by atoms with E-state index in [4.69, 9.17) is 0 Å². The van der Waals surface area contributed by atoms with Crippen molar-refractivity contribution in [2.24, 2.45) is 0 Å². The van der Waals surface area contributed by atoms with Crippen molar-refractivity contribution in [2.45, 2.75) is 25.3 Å². The molecule has 4 aromatic rings. The van der Waals surface area contributed by atoms with Gasteiger partial charge in [-0.15, -0.1) is 11.3 Å². The van der Waals surface area contributed by atoms with Crippen LogP contribution in [0, 0.1) is 23.0 Å². The van der Waals surface area contributed by atoms with E-state index in [0.29, 0.717) is 24.0 Å². The molecule has 9 heteroatoms. The quantitative estimate of drug-likeness (QED) is 0.455. The summed E-state index contributed by atoms with van der Waals surface area (Å²) in [4.78, 5) is 23.6. The molecule has 0 bridgehead atoms. The number of benzene rings is 2. The lowest BCUT2D eigenvalue weighted by molar-refractivity contribution is 0.0628. The molecule has 1 fully saturated rings. The molecule has 1 amide bonds. The van der Waals surface area contributed by atoms with Crippen molar-refractivity contribution in [1.29, 1.82) is 5.26 Å². The molecule has 2 aromatic heterocycles. The van der Waals surface area contributed by atoms with Crippen molar-refractivity contribution < 1.29 is 13.6 Å². The van der Waals surface area contributed by atoms with E-state index in [1.807, 2.05) is 17.0 Å². The predicted octanol–water partition coefficient (Wildman–Crippen LogP) is 5.10. The van der Waals surface area contributed by atoms with Gasteiger partial charge < -0.3 is 10.2 Å². The number of carbonyl (C=O) groups excluding carboxylic acids is 1. The number of hydrogen-bond donors (Lipinski definition) is 1. The van der Waals surface area contributed by atoms with Gasteiger partial charge in [-0.2, -0.15) is 5.26 Å². The number of likely N-dealkylation sites (tertiary alicyclic amines) is 1. The van der Waals surface area contributed by atoms with E-state index < -0.39 is 11.6 Å². The molecule has 3 heterocycles. The largest absolute Gasteiger partial charge is 0.367 e. The Labute approximate surface area is 192 Å². The molecule has 5 rings (SSSR count). The Morgan fingerprint density at radius 3 is 2.97 bits per heavy atom. The van der Waals surface area contributed by atoms with Gasteiger partial charge in [-0.05, 0) is 55.7 Å². The summed E-state index contributed by atoms with van der Waals surface area (Å²) in [6.07, 6.45) is 2.67. The van der Waals surface area contributed by atoms with E-state index in [2.05, 4.69) is 21.4 Å². The number of nitriles is 1. The molecule has 166 valence electrons. The predicted molar refractivity (Wildman–Crippen MR) is 123 cm³/mol. The van der Waals surface area contributed by atoms with Crippen LogP contribution in [0.3, 0.4) is 0 Å². The highest BCUT2D eigenvalue weighted by atomic mass is 32.1. The number of piperidine rings is 1. The van der Waals surface area contributed by atoms with E-state index in [0.717, 1.165) is 35.5 Å². The monoisotopic (exact) mass is 463 g/mol. The Bertz CT molecular complexity index is 1410. The smallest absolute Gasteiger partial charge is 0.254 e. The van der Waals surface area contributed by atoms with E-state index in [-0.39, 0.29) is 28.8 Å². The van der Waals surface area contributed by atoms with Gasteiger partial charge in [-0.25, -0.2) is 18.7 Å². The highest BCUT2D eigenvalue weighted by Gasteiger charge is 2.28. The van der Waals surface area contributed by atoms with E-state index in [9.17, 15) is 18.8 Å². The maximum Gasteiger partial charge on any atom is 0.254 e. The summed E-state index contributed by atoms with van der Waals surface area (Å²) in [6, 6.07) is 11.3. The molecular weight excluding hydrogens is 444 g/mol. The number of nitrogens with zero attached hydrogens (tertiary/aromatic N) is 4. The second-order valence-electron chi connectivity index (χ2n) is 7.99. The Balaban J connectivity index is 1.39. The lowest BCUT2D eigenvalue weighted by Crippen LogP contribution is -2.47. The van der Waals surface area contributed by atoms with Crippen LogP contribution in [0.25, 0.3) is 21.1 Å². The minimum atomic E-state index is -1.05. The SMILES string of the molecule is N#Cc1cc2ccc(F)c(F)c2nc1NCC1CCCCN1C(=O)c1ccc2ncsc2c1. The van der Waals surface area contributed by atoms with Crippen LogP contribution >= 0.6 is 11.3 Å². The number of nitrogens with one attached hydrogen (secondary N) is 1. The van der Waals surface area contributed by atoms with Crippen LogP contribution in [-0.4, -0.2) is 39.9 Å². The van der Waals surface area contributed by atoms with Crippen LogP contribution in [-0.2, 0) is 0 Å². The summed E-state index contributed by atoms with van der Waals surface area (Å²) < 4.78 is 28.9. The van der Waals surface area contributed by atoms with E-state index >= 15 is 0 Å². The Morgan fingerprint density at radius 2 is 2.12 bits per heavy atom. The van der Waals surface area contributed by atoms with E-state index in [1.165, 1.54) is 23.5 Å². The summed E-state index contributed by atoms with van der Waals surface area (Å²) in [7, 11) is 0. The second kappa shape index (κ2) is 8.71.